The first-order valence-electron chi connectivity index (χ1n) is 5.05. The molecule has 90 valence electrons. The molecule has 2 rings (SSSR count). The third-order valence-electron chi connectivity index (χ3n) is 2.26. The third kappa shape index (κ3) is 2.44. The Morgan fingerprint density at radius 3 is 2.58 bits per heavy atom. The average molecular weight is 266 g/mol. The number of rotatable bonds is 2. The monoisotopic (exact) mass is 266 g/mol. The van der Waals surface area contributed by atoms with Gasteiger partial charge in [-0.2, -0.15) is 15.8 Å². The summed E-state index contributed by atoms with van der Waals surface area (Å²) in [6.07, 6.45) is 0. The van der Waals surface area contributed by atoms with Crippen molar-refractivity contribution in [3.05, 3.63) is 29.5 Å². The summed E-state index contributed by atoms with van der Waals surface area (Å²) in [4.78, 5) is 4.12. The molecular weight excluding hydrogens is 260 g/mol. The predicted octanol–water partition coefficient (Wildman–Crippen LogP) is 2.12. The van der Waals surface area contributed by atoms with Crippen LogP contribution in [0.2, 0.25) is 0 Å². The Labute approximate surface area is 112 Å². The van der Waals surface area contributed by atoms with Gasteiger partial charge in [-0.1, -0.05) is 11.3 Å². The van der Waals surface area contributed by atoms with E-state index in [1.54, 1.807) is 36.4 Å². The highest BCUT2D eigenvalue weighted by Crippen LogP contribution is 2.26. The minimum absolute atomic E-state index is 0.0902. The largest absolute Gasteiger partial charge is 0.375 e. The topological polar surface area (TPSA) is 122 Å². The number of hydrogen-bond donors (Lipinski definition) is 2. The van der Waals surface area contributed by atoms with Crippen LogP contribution in [0.15, 0.2) is 29.5 Å². The molecule has 7 heteroatoms. The van der Waals surface area contributed by atoms with Crippen LogP contribution in [0.1, 0.15) is 0 Å². The number of anilines is 2. The van der Waals surface area contributed by atoms with Gasteiger partial charge in [-0.15, -0.1) is 0 Å². The highest BCUT2D eigenvalue weighted by atomic mass is 32.1. The van der Waals surface area contributed by atoms with E-state index in [4.69, 9.17) is 21.5 Å². The fraction of sp³-hybridized carbons (Fsp3) is 0. The Balaban J connectivity index is 2.42. The molecule has 19 heavy (non-hydrogen) atoms. The van der Waals surface area contributed by atoms with Crippen molar-refractivity contribution >= 4 is 32.4 Å². The van der Waals surface area contributed by atoms with Gasteiger partial charge in [-0.25, -0.2) is 4.98 Å². The van der Waals surface area contributed by atoms with Crippen LogP contribution in [0.3, 0.4) is 0 Å². The summed E-state index contributed by atoms with van der Waals surface area (Å²) in [7, 11) is 0. The normalized spacial score (nSPS) is 9.11. The first-order valence-corrected chi connectivity index (χ1v) is 5.87. The second-order valence-corrected chi connectivity index (χ2v) is 4.51. The van der Waals surface area contributed by atoms with Gasteiger partial charge < -0.3 is 11.1 Å². The van der Waals surface area contributed by atoms with E-state index in [2.05, 4.69) is 10.3 Å². The quantitative estimate of drug-likeness (QED) is 0.802. The second-order valence-electron chi connectivity index (χ2n) is 3.45. The first-order chi connectivity index (χ1) is 9.17. The van der Waals surface area contributed by atoms with Crippen LogP contribution in [-0.4, -0.2) is 4.98 Å². The number of allylic oxidation sites excluding steroid dienone is 2. The number of nitriles is 3. The molecule has 0 saturated heterocycles. The van der Waals surface area contributed by atoms with E-state index in [1.165, 1.54) is 11.3 Å². The molecule has 0 aliphatic rings. The molecular formula is C12H6N6S. The number of benzene rings is 1. The fourth-order valence-corrected chi connectivity index (χ4v) is 2.17. The number of aromatic nitrogens is 1. The van der Waals surface area contributed by atoms with Crippen LogP contribution in [0.4, 0.5) is 10.8 Å². The summed E-state index contributed by atoms with van der Waals surface area (Å²) in [5.74, 6) is 0. The van der Waals surface area contributed by atoms with E-state index in [-0.39, 0.29) is 11.3 Å². The average Bonchev–Trinajstić information content (AvgIpc) is 2.78. The van der Waals surface area contributed by atoms with Gasteiger partial charge in [0.15, 0.2) is 10.7 Å². The summed E-state index contributed by atoms with van der Waals surface area (Å²) in [5.41, 5.74) is 6.51. The fourth-order valence-electron chi connectivity index (χ4n) is 1.45. The standard InChI is InChI=1S/C12H6N6S/c13-4-7(5-14)10(6-15)17-8-1-2-11-9(3-8)18-12(16)19-11/h1-3,17H,(H2,16,18). The van der Waals surface area contributed by atoms with Crippen LogP contribution >= 0.6 is 11.3 Å². The molecule has 0 saturated carbocycles. The van der Waals surface area contributed by atoms with Gasteiger partial charge >= 0.3 is 0 Å². The molecule has 3 N–H and O–H groups in total. The van der Waals surface area contributed by atoms with Crippen LogP contribution in [0.25, 0.3) is 10.2 Å². The van der Waals surface area contributed by atoms with Crippen molar-refractivity contribution in [1.29, 1.82) is 15.8 Å². The smallest absolute Gasteiger partial charge is 0.181 e. The van der Waals surface area contributed by atoms with E-state index in [0.717, 1.165) is 4.70 Å². The van der Waals surface area contributed by atoms with Crippen LogP contribution in [0, 0.1) is 34.0 Å². The molecule has 1 aromatic heterocycles. The van der Waals surface area contributed by atoms with Gasteiger partial charge in [-0.05, 0) is 18.2 Å². The molecule has 0 bridgehead atoms. The Hall–Kier alpha value is -3.08. The molecule has 0 unspecified atom stereocenters. The van der Waals surface area contributed by atoms with E-state index < -0.39 is 0 Å². The molecule has 0 fully saturated rings. The van der Waals surface area contributed by atoms with Crippen molar-refractivity contribution < 1.29 is 0 Å². The Bertz CT molecular complexity index is 780. The van der Waals surface area contributed by atoms with Crippen molar-refractivity contribution in [3.8, 4) is 18.2 Å². The number of nitrogens with one attached hydrogen (secondary N) is 1. The summed E-state index contributed by atoms with van der Waals surface area (Å²) < 4.78 is 0.923. The first kappa shape index (κ1) is 12.4. The Morgan fingerprint density at radius 1 is 1.21 bits per heavy atom. The van der Waals surface area contributed by atoms with E-state index in [1.807, 2.05) is 0 Å². The zero-order valence-corrected chi connectivity index (χ0v) is 10.3. The van der Waals surface area contributed by atoms with Crippen molar-refractivity contribution in [3.63, 3.8) is 0 Å². The molecule has 1 aromatic carbocycles. The summed E-state index contributed by atoms with van der Waals surface area (Å²) >= 11 is 1.36. The number of nitrogens with two attached hydrogens (primary N) is 1. The summed E-state index contributed by atoms with van der Waals surface area (Å²) in [5, 5.41) is 29.6. The van der Waals surface area contributed by atoms with Crippen molar-refractivity contribution in [2.75, 3.05) is 11.1 Å². The van der Waals surface area contributed by atoms with Gasteiger partial charge in [0.25, 0.3) is 0 Å². The lowest BCUT2D eigenvalue weighted by molar-refractivity contribution is 1.37. The summed E-state index contributed by atoms with van der Waals surface area (Å²) in [6, 6.07) is 10.3. The minimum Gasteiger partial charge on any atom is -0.375 e. The third-order valence-corrected chi connectivity index (χ3v) is 3.12. The molecule has 2 aromatic rings. The molecule has 0 aliphatic heterocycles. The SMILES string of the molecule is N#CC(C#N)=C(C#N)Nc1ccc2sc(N)nc2c1. The van der Waals surface area contributed by atoms with Crippen LogP contribution < -0.4 is 11.1 Å². The number of hydrogen-bond acceptors (Lipinski definition) is 7. The maximum absolute atomic E-state index is 8.93. The van der Waals surface area contributed by atoms with E-state index >= 15 is 0 Å². The number of fused-ring (bicyclic) bond motifs is 1. The molecule has 0 radical (unpaired) electrons. The number of nitrogen functional groups attached to an aromatic ring is 1. The van der Waals surface area contributed by atoms with Gasteiger partial charge in [0.1, 0.15) is 23.9 Å². The number of thiazole rings is 1. The van der Waals surface area contributed by atoms with Crippen molar-refractivity contribution in [2.24, 2.45) is 0 Å². The highest BCUT2D eigenvalue weighted by Gasteiger charge is 2.07. The van der Waals surface area contributed by atoms with Crippen LogP contribution in [-0.2, 0) is 0 Å². The zero-order valence-electron chi connectivity index (χ0n) is 9.51. The Kier molecular flexibility index (Phi) is 3.29. The van der Waals surface area contributed by atoms with Crippen LogP contribution in [0.5, 0.6) is 0 Å². The maximum atomic E-state index is 8.93. The predicted molar refractivity (Wildman–Crippen MR) is 71.5 cm³/mol. The number of nitrogens with zero attached hydrogens (tertiary/aromatic N) is 4. The van der Waals surface area contributed by atoms with Gasteiger partial charge in [0, 0.05) is 5.69 Å². The lowest BCUT2D eigenvalue weighted by Gasteiger charge is -2.03. The molecule has 6 nitrogen and oxygen atoms in total. The van der Waals surface area contributed by atoms with Gasteiger partial charge in [-0.3, -0.25) is 0 Å². The zero-order chi connectivity index (χ0) is 13.8. The minimum atomic E-state index is -0.264. The van der Waals surface area contributed by atoms with Crippen molar-refractivity contribution in [1.82, 2.24) is 4.98 Å². The molecule has 0 atom stereocenters. The maximum Gasteiger partial charge on any atom is 0.181 e. The molecule has 0 spiro atoms. The van der Waals surface area contributed by atoms with Gasteiger partial charge in [0.05, 0.1) is 10.2 Å². The lowest BCUT2D eigenvalue weighted by Crippen LogP contribution is -2.00. The van der Waals surface area contributed by atoms with E-state index in [9.17, 15) is 0 Å². The lowest BCUT2D eigenvalue weighted by atomic mass is 10.2. The molecule has 0 aliphatic carbocycles. The second kappa shape index (κ2) is 5.05. The summed E-state index contributed by atoms with van der Waals surface area (Å²) in [6.45, 7) is 0. The molecule has 0 amide bonds. The van der Waals surface area contributed by atoms with Gasteiger partial charge in [0.2, 0.25) is 0 Å². The Morgan fingerprint density at radius 2 is 1.95 bits per heavy atom. The highest BCUT2D eigenvalue weighted by molar-refractivity contribution is 7.22. The molecule has 1 heterocycles. The van der Waals surface area contributed by atoms with E-state index in [0.29, 0.717) is 16.3 Å². The van der Waals surface area contributed by atoms with Crippen molar-refractivity contribution in [2.45, 2.75) is 0 Å².